The predicted molar refractivity (Wildman–Crippen MR) is 118 cm³/mol. The Balaban J connectivity index is 2.23. The summed E-state index contributed by atoms with van der Waals surface area (Å²) in [7, 11) is 3.42. The number of nitrogens with two attached hydrogens (primary N) is 1. The van der Waals surface area contributed by atoms with E-state index in [1.165, 1.54) is 9.47 Å². The highest BCUT2D eigenvalue weighted by Gasteiger charge is 2.23. The Morgan fingerprint density at radius 3 is 2.63 bits per heavy atom. The molecule has 1 aromatic heterocycles. The Morgan fingerprint density at radius 1 is 1.27 bits per heavy atom. The second-order valence-corrected chi connectivity index (χ2v) is 7.16. The van der Waals surface area contributed by atoms with E-state index in [9.17, 15) is 14.4 Å². The number of ether oxygens (including phenoxy) is 1. The van der Waals surface area contributed by atoms with Gasteiger partial charge in [-0.1, -0.05) is 25.5 Å². The molecule has 0 radical (unpaired) electrons. The largest absolute Gasteiger partial charge is 0.497 e. The van der Waals surface area contributed by atoms with Crippen molar-refractivity contribution in [1.29, 1.82) is 0 Å². The summed E-state index contributed by atoms with van der Waals surface area (Å²) in [5.74, 6) is 0.486. The lowest BCUT2D eigenvalue weighted by molar-refractivity contribution is -0.119. The SMILES string of the molecule is CCCCn1c(N)c(N(CC)C(=O)CN(C)Cc2cccc(OC)c2)c(=O)[nH]c1=O. The summed E-state index contributed by atoms with van der Waals surface area (Å²) in [4.78, 5) is 43.0. The number of aromatic amines is 1. The molecule has 0 spiro atoms. The molecule has 0 aliphatic rings. The molecule has 1 amide bonds. The van der Waals surface area contributed by atoms with E-state index >= 15 is 0 Å². The van der Waals surface area contributed by atoms with Gasteiger partial charge in [-0.05, 0) is 38.1 Å². The molecule has 1 aromatic carbocycles. The number of unbranched alkanes of at least 4 members (excludes halogenated alkanes) is 1. The van der Waals surface area contributed by atoms with Crippen LogP contribution in [0.1, 0.15) is 32.3 Å². The van der Waals surface area contributed by atoms with Crippen LogP contribution in [0.25, 0.3) is 0 Å². The number of carbonyl (C=O) groups is 1. The number of methoxy groups -OCH3 is 1. The normalized spacial score (nSPS) is 11.0. The summed E-state index contributed by atoms with van der Waals surface area (Å²) in [6, 6.07) is 7.61. The van der Waals surface area contributed by atoms with Gasteiger partial charge in [0.1, 0.15) is 11.6 Å². The molecule has 0 atom stereocenters. The third kappa shape index (κ3) is 5.50. The number of anilines is 2. The molecule has 3 N–H and O–H groups in total. The Morgan fingerprint density at radius 2 is 2.00 bits per heavy atom. The summed E-state index contributed by atoms with van der Waals surface area (Å²) >= 11 is 0. The third-order valence-electron chi connectivity index (χ3n) is 4.83. The van der Waals surface area contributed by atoms with Gasteiger partial charge in [-0.2, -0.15) is 0 Å². The van der Waals surface area contributed by atoms with E-state index in [2.05, 4.69) is 4.98 Å². The first-order valence-corrected chi connectivity index (χ1v) is 10.1. The standard InChI is InChI=1S/C21H31N5O4/c1-5-7-11-26-19(22)18(20(28)23-21(26)29)25(6-2)17(27)14-24(3)13-15-9-8-10-16(12-15)30-4/h8-10,12H,5-7,11,13-14,22H2,1-4H3,(H,23,28,29). The number of rotatable bonds is 10. The molecule has 164 valence electrons. The van der Waals surface area contributed by atoms with Gasteiger partial charge in [-0.3, -0.25) is 24.0 Å². The molecule has 9 nitrogen and oxygen atoms in total. The van der Waals surface area contributed by atoms with Crippen LogP contribution in [0.5, 0.6) is 5.75 Å². The minimum atomic E-state index is -0.657. The number of aromatic nitrogens is 2. The summed E-state index contributed by atoms with van der Waals surface area (Å²) in [6.45, 7) is 5.01. The summed E-state index contributed by atoms with van der Waals surface area (Å²) in [5.41, 5.74) is 5.95. The van der Waals surface area contributed by atoms with E-state index in [0.29, 0.717) is 13.1 Å². The van der Waals surface area contributed by atoms with Gasteiger partial charge in [-0.15, -0.1) is 0 Å². The van der Waals surface area contributed by atoms with Crippen LogP contribution in [0.3, 0.4) is 0 Å². The molecule has 30 heavy (non-hydrogen) atoms. The molecule has 9 heteroatoms. The number of nitrogen functional groups attached to an aromatic ring is 1. The van der Waals surface area contributed by atoms with Crippen molar-refractivity contribution in [3.63, 3.8) is 0 Å². The number of amides is 1. The van der Waals surface area contributed by atoms with Crippen molar-refractivity contribution in [2.75, 3.05) is 37.9 Å². The monoisotopic (exact) mass is 417 g/mol. The molecule has 0 saturated heterocycles. The number of H-pyrrole nitrogens is 1. The Labute approximate surface area is 176 Å². The average Bonchev–Trinajstić information content (AvgIpc) is 2.70. The van der Waals surface area contributed by atoms with Crippen LogP contribution in [-0.2, 0) is 17.9 Å². The minimum Gasteiger partial charge on any atom is -0.497 e. The van der Waals surface area contributed by atoms with Crippen molar-refractivity contribution < 1.29 is 9.53 Å². The summed E-state index contributed by atoms with van der Waals surface area (Å²) in [6.07, 6.45) is 1.60. The second-order valence-electron chi connectivity index (χ2n) is 7.16. The van der Waals surface area contributed by atoms with Gasteiger partial charge in [0.15, 0.2) is 5.69 Å². The Kier molecular flexibility index (Phi) is 8.23. The number of benzene rings is 1. The first kappa shape index (κ1) is 23.2. The fourth-order valence-corrected chi connectivity index (χ4v) is 3.29. The molecule has 1 heterocycles. The maximum absolute atomic E-state index is 13.0. The fourth-order valence-electron chi connectivity index (χ4n) is 3.29. The van der Waals surface area contributed by atoms with Gasteiger partial charge in [0, 0.05) is 19.6 Å². The topological polar surface area (TPSA) is 114 Å². The lowest BCUT2D eigenvalue weighted by Crippen LogP contribution is -2.44. The van der Waals surface area contributed by atoms with Gasteiger partial charge in [-0.25, -0.2) is 4.79 Å². The highest BCUT2D eigenvalue weighted by atomic mass is 16.5. The highest BCUT2D eigenvalue weighted by Crippen LogP contribution is 2.18. The molecular formula is C21H31N5O4. The molecule has 2 rings (SSSR count). The van der Waals surface area contributed by atoms with E-state index in [-0.39, 0.29) is 30.5 Å². The molecule has 0 unspecified atom stereocenters. The van der Waals surface area contributed by atoms with E-state index in [1.54, 1.807) is 14.0 Å². The van der Waals surface area contributed by atoms with Crippen molar-refractivity contribution in [1.82, 2.24) is 14.5 Å². The van der Waals surface area contributed by atoms with Gasteiger partial charge < -0.3 is 15.4 Å². The minimum absolute atomic E-state index is 0.0165. The van der Waals surface area contributed by atoms with Crippen molar-refractivity contribution in [2.24, 2.45) is 0 Å². The molecule has 0 fully saturated rings. The number of nitrogens with zero attached hydrogens (tertiary/aromatic N) is 3. The first-order chi connectivity index (χ1) is 14.3. The van der Waals surface area contributed by atoms with Crippen LogP contribution < -0.4 is 26.6 Å². The fraction of sp³-hybridized carbons (Fsp3) is 0.476. The predicted octanol–water partition coefficient (Wildman–Crippen LogP) is 1.41. The van der Waals surface area contributed by atoms with Crippen LogP contribution in [-0.4, -0.2) is 47.6 Å². The van der Waals surface area contributed by atoms with Crippen molar-refractivity contribution in [3.05, 3.63) is 50.7 Å². The second kappa shape index (κ2) is 10.6. The Hall–Kier alpha value is -3.07. The van der Waals surface area contributed by atoms with Crippen LogP contribution in [0.15, 0.2) is 33.9 Å². The van der Waals surface area contributed by atoms with Gasteiger partial charge in [0.05, 0.1) is 13.7 Å². The first-order valence-electron chi connectivity index (χ1n) is 10.1. The van der Waals surface area contributed by atoms with Crippen LogP contribution in [0.2, 0.25) is 0 Å². The smallest absolute Gasteiger partial charge is 0.330 e. The molecular weight excluding hydrogens is 386 g/mol. The maximum atomic E-state index is 13.0. The van der Waals surface area contributed by atoms with Crippen molar-refractivity contribution in [3.8, 4) is 5.75 Å². The van der Waals surface area contributed by atoms with E-state index in [4.69, 9.17) is 10.5 Å². The molecule has 0 aliphatic heterocycles. The summed E-state index contributed by atoms with van der Waals surface area (Å²) < 4.78 is 6.55. The van der Waals surface area contributed by atoms with Gasteiger partial charge in [0.2, 0.25) is 5.91 Å². The number of hydrogen-bond acceptors (Lipinski definition) is 6. The zero-order valence-electron chi connectivity index (χ0n) is 18.1. The lowest BCUT2D eigenvalue weighted by atomic mass is 10.2. The maximum Gasteiger partial charge on any atom is 0.330 e. The Bertz CT molecular complexity index is 982. The van der Waals surface area contributed by atoms with Crippen molar-refractivity contribution >= 4 is 17.4 Å². The van der Waals surface area contributed by atoms with E-state index in [1.807, 2.05) is 43.1 Å². The molecule has 0 bridgehead atoms. The highest BCUT2D eigenvalue weighted by molar-refractivity contribution is 5.96. The van der Waals surface area contributed by atoms with Crippen LogP contribution in [0.4, 0.5) is 11.5 Å². The zero-order valence-corrected chi connectivity index (χ0v) is 18.1. The number of likely N-dealkylation sites (N-methyl/N-ethyl adjacent to an activating group) is 2. The average molecular weight is 418 g/mol. The van der Waals surface area contributed by atoms with Crippen LogP contribution >= 0.6 is 0 Å². The number of nitrogens with one attached hydrogen (secondary N) is 1. The number of carbonyl (C=O) groups excluding carboxylic acids is 1. The molecule has 0 saturated carbocycles. The third-order valence-corrected chi connectivity index (χ3v) is 4.83. The van der Waals surface area contributed by atoms with Crippen molar-refractivity contribution in [2.45, 2.75) is 39.8 Å². The van der Waals surface area contributed by atoms with E-state index < -0.39 is 11.2 Å². The van der Waals surface area contributed by atoms with Gasteiger partial charge in [0.25, 0.3) is 5.56 Å². The molecule has 2 aromatic rings. The quantitative estimate of drug-likeness (QED) is 0.604. The van der Waals surface area contributed by atoms with E-state index in [0.717, 1.165) is 24.2 Å². The van der Waals surface area contributed by atoms with Crippen LogP contribution in [0, 0.1) is 0 Å². The number of hydrogen-bond donors (Lipinski definition) is 2. The lowest BCUT2D eigenvalue weighted by Gasteiger charge is -2.25. The van der Waals surface area contributed by atoms with Gasteiger partial charge >= 0.3 is 5.69 Å². The summed E-state index contributed by atoms with van der Waals surface area (Å²) in [5, 5.41) is 0. The zero-order chi connectivity index (χ0) is 22.3. The molecule has 0 aliphatic carbocycles.